The van der Waals surface area contributed by atoms with Crippen LogP contribution in [0, 0.1) is 5.92 Å². The van der Waals surface area contributed by atoms with Gasteiger partial charge in [0, 0.05) is 19.5 Å². The highest BCUT2D eigenvalue weighted by atomic mass is 19.1. The van der Waals surface area contributed by atoms with Crippen molar-refractivity contribution >= 4 is 17.8 Å². The standard InChI is InChI=1S/C15H17FN2O4/c16-7-12(15(21)22)17-14(20)11-6-13(19)18(9-11)8-10-4-2-1-3-5-10/h1-5,11-12H,6-9H2,(H,17,20)(H,21,22). The molecule has 1 aromatic rings. The molecule has 1 heterocycles. The molecule has 22 heavy (non-hydrogen) atoms. The molecule has 1 aliphatic rings. The van der Waals surface area contributed by atoms with E-state index in [0.29, 0.717) is 6.54 Å². The van der Waals surface area contributed by atoms with Crippen molar-refractivity contribution in [1.82, 2.24) is 10.2 Å². The van der Waals surface area contributed by atoms with E-state index in [2.05, 4.69) is 5.32 Å². The van der Waals surface area contributed by atoms with Crippen LogP contribution in [-0.4, -0.2) is 47.1 Å². The molecule has 7 heteroatoms. The van der Waals surface area contributed by atoms with Crippen LogP contribution in [0.2, 0.25) is 0 Å². The maximum absolute atomic E-state index is 12.5. The molecule has 2 N–H and O–H groups in total. The van der Waals surface area contributed by atoms with Crippen LogP contribution < -0.4 is 5.32 Å². The smallest absolute Gasteiger partial charge is 0.328 e. The second-order valence-electron chi connectivity index (χ2n) is 5.21. The first-order valence-corrected chi connectivity index (χ1v) is 6.92. The number of hydrogen-bond acceptors (Lipinski definition) is 3. The molecule has 6 nitrogen and oxygen atoms in total. The van der Waals surface area contributed by atoms with E-state index in [9.17, 15) is 18.8 Å². The van der Waals surface area contributed by atoms with Gasteiger partial charge in [0.25, 0.3) is 0 Å². The lowest BCUT2D eigenvalue weighted by molar-refractivity contribution is -0.142. The molecule has 2 rings (SSSR count). The first-order chi connectivity index (χ1) is 10.5. The average molecular weight is 308 g/mol. The van der Waals surface area contributed by atoms with Crippen LogP contribution in [0.25, 0.3) is 0 Å². The number of nitrogens with zero attached hydrogens (tertiary/aromatic N) is 1. The largest absolute Gasteiger partial charge is 0.480 e. The van der Waals surface area contributed by atoms with E-state index in [1.165, 1.54) is 0 Å². The lowest BCUT2D eigenvalue weighted by Gasteiger charge is -2.17. The zero-order valence-electron chi connectivity index (χ0n) is 11.9. The molecule has 2 amide bonds. The van der Waals surface area contributed by atoms with Crippen molar-refractivity contribution < 1.29 is 23.9 Å². The first-order valence-electron chi connectivity index (χ1n) is 6.92. The molecule has 1 fully saturated rings. The van der Waals surface area contributed by atoms with Crippen LogP contribution in [0.1, 0.15) is 12.0 Å². The lowest BCUT2D eigenvalue weighted by Crippen LogP contribution is -2.45. The summed E-state index contributed by atoms with van der Waals surface area (Å²) in [6.07, 6.45) is 0.0112. The number of aliphatic carboxylic acids is 1. The van der Waals surface area contributed by atoms with Crippen LogP contribution in [0.4, 0.5) is 4.39 Å². The predicted octanol–water partition coefficient (Wildman–Crippen LogP) is 0.574. The number of benzene rings is 1. The Balaban J connectivity index is 1.94. The molecular formula is C15H17FN2O4. The van der Waals surface area contributed by atoms with Gasteiger partial charge in [0.05, 0.1) is 5.92 Å². The number of carbonyl (C=O) groups is 3. The van der Waals surface area contributed by atoms with E-state index < -0.39 is 30.5 Å². The van der Waals surface area contributed by atoms with Crippen molar-refractivity contribution in [2.24, 2.45) is 5.92 Å². The third kappa shape index (κ3) is 3.81. The highest BCUT2D eigenvalue weighted by molar-refractivity contribution is 5.91. The Labute approximate surface area is 126 Å². The van der Waals surface area contributed by atoms with Crippen molar-refractivity contribution in [2.45, 2.75) is 19.0 Å². The molecule has 0 spiro atoms. The molecule has 1 aliphatic heterocycles. The van der Waals surface area contributed by atoms with Gasteiger partial charge in [-0.1, -0.05) is 30.3 Å². The number of carboxylic acids is 1. The Morgan fingerprint density at radius 3 is 2.64 bits per heavy atom. The number of halogens is 1. The fraction of sp³-hybridized carbons (Fsp3) is 0.400. The number of carboxylic acid groups (broad SMARTS) is 1. The Morgan fingerprint density at radius 1 is 1.36 bits per heavy atom. The van der Waals surface area contributed by atoms with Crippen LogP contribution in [-0.2, 0) is 20.9 Å². The minimum absolute atomic E-state index is 0.0112. The zero-order valence-corrected chi connectivity index (χ0v) is 11.9. The molecule has 0 aromatic heterocycles. The van der Waals surface area contributed by atoms with Crippen molar-refractivity contribution in [3.63, 3.8) is 0 Å². The number of hydrogen-bond donors (Lipinski definition) is 2. The fourth-order valence-corrected chi connectivity index (χ4v) is 2.36. The Bertz CT molecular complexity index is 564. The number of rotatable bonds is 6. The minimum Gasteiger partial charge on any atom is -0.480 e. The number of amides is 2. The lowest BCUT2D eigenvalue weighted by atomic mass is 10.1. The van der Waals surface area contributed by atoms with Crippen LogP contribution in [0.15, 0.2) is 30.3 Å². The minimum atomic E-state index is -1.56. The van der Waals surface area contributed by atoms with E-state index >= 15 is 0 Å². The molecule has 2 atom stereocenters. The molecular weight excluding hydrogens is 291 g/mol. The van der Waals surface area contributed by atoms with Crippen molar-refractivity contribution in [3.05, 3.63) is 35.9 Å². The van der Waals surface area contributed by atoms with Gasteiger partial charge >= 0.3 is 5.97 Å². The van der Waals surface area contributed by atoms with Crippen LogP contribution >= 0.6 is 0 Å². The summed E-state index contributed by atoms with van der Waals surface area (Å²) in [7, 11) is 0. The van der Waals surface area contributed by atoms with Gasteiger partial charge in [-0.25, -0.2) is 9.18 Å². The number of likely N-dealkylation sites (tertiary alicyclic amines) is 1. The second kappa shape index (κ2) is 7.02. The normalized spacial score (nSPS) is 19.0. The van der Waals surface area contributed by atoms with Crippen LogP contribution in [0.3, 0.4) is 0 Å². The monoisotopic (exact) mass is 308 g/mol. The van der Waals surface area contributed by atoms with Gasteiger partial charge in [0.2, 0.25) is 11.8 Å². The van der Waals surface area contributed by atoms with Gasteiger partial charge in [-0.15, -0.1) is 0 Å². The summed E-state index contributed by atoms with van der Waals surface area (Å²) in [5, 5.41) is 10.9. The Hall–Kier alpha value is -2.44. The topological polar surface area (TPSA) is 86.7 Å². The fourth-order valence-electron chi connectivity index (χ4n) is 2.36. The molecule has 0 saturated carbocycles. The zero-order chi connectivity index (χ0) is 16.1. The van der Waals surface area contributed by atoms with E-state index in [1.54, 1.807) is 4.90 Å². The van der Waals surface area contributed by atoms with E-state index in [-0.39, 0.29) is 18.9 Å². The van der Waals surface area contributed by atoms with Crippen molar-refractivity contribution in [2.75, 3.05) is 13.2 Å². The van der Waals surface area contributed by atoms with Gasteiger partial charge in [0.15, 0.2) is 6.04 Å². The second-order valence-corrected chi connectivity index (χ2v) is 5.21. The van der Waals surface area contributed by atoms with E-state index in [4.69, 9.17) is 5.11 Å². The number of nitrogens with one attached hydrogen (secondary N) is 1. The molecule has 118 valence electrons. The molecule has 0 radical (unpaired) electrons. The van der Waals surface area contributed by atoms with E-state index in [1.807, 2.05) is 30.3 Å². The highest BCUT2D eigenvalue weighted by Gasteiger charge is 2.35. The average Bonchev–Trinajstić information content (AvgIpc) is 2.86. The quantitative estimate of drug-likeness (QED) is 0.804. The summed E-state index contributed by atoms with van der Waals surface area (Å²) in [5.41, 5.74) is 0.948. The van der Waals surface area contributed by atoms with Gasteiger partial charge in [-0.3, -0.25) is 9.59 Å². The number of carbonyl (C=O) groups excluding carboxylic acids is 2. The van der Waals surface area contributed by atoms with Gasteiger partial charge in [-0.2, -0.15) is 0 Å². The molecule has 0 bridgehead atoms. The first kappa shape index (κ1) is 15.9. The maximum Gasteiger partial charge on any atom is 0.328 e. The highest BCUT2D eigenvalue weighted by Crippen LogP contribution is 2.20. The summed E-state index contributed by atoms with van der Waals surface area (Å²) in [6.45, 7) is -0.581. The summed E-state index contributed by atoms with van der Waals surface area (Å²) in [6, 6.07) is 7.78. The van der Waals surface area contributed by atoms with E-state index in [0.717, 1.165) is 5.56 Å². The summed E-state index contributed by atoms with van der Waals surface area (Å²) in [4.78, 5) is 36.1. The summed E-state index contributed by atoms with van der Waals surface area (Å²) < 4.78 is 12.5. The summed E-state index contributed by atoms with van der Waals surface area (Å²) in [5.74, 6) is -2.85. The number of alkyl halides is 1. The molecule has 1 aromatic carbocycles. The summed E-state index contributed by atoms with van der Waals surface area (Å²) >= 11 is 0. The molecule has 1 saturated heterocycles. The molecule has 0 aliphatic carbocycles. The molecule has 2 unspecified atom stereocenters. The van der Waals surface area contributed by atoms with Gasteiger partial charge < -0.3 is 15.3 Å². The third-order valence-electron chi connectivity index (χ3n) is 3.57. The van der Waals surface area contributed by atoms with Gasteiger partial charge in [0.1, 0.15) is 6.67 Å². The van der Waals surface area contributed by atoms with Crippen LogP contribution in [0.5, 0.6) is 0 Å². The predicted molar refractivity (Wildman–Crippen MR) is 75.5 cm³/mol. The van der Waals surface area contributed by atoms with Gasteiger partial charge in [-0.05, 0) is 5.56 Å². The Morgan fingerprint density at radius 2 is 2.05 bits per heavy atom. The van der Waals surface area contributed by atoms with Crippen molar-refractivity contribution in [1.29, 1.82) is 0 Å². The van der Waals surface area contributed by atoms with Crippen molar-refractivity contribution in [3.8, 4) is 0 Å². The Kier molecular flexibility index (Phi) is 5.08. The maximum atomic E-state index is 12.5. The third-order valence-corrected chi connectivity index (χ3v) is 3.57. The SMILES string of the molecule is O=C(NC(CF)C(=O)O)C1CC(=O)N(Cc2ccccc2)C1.